The average molecular weight is 221 g/mol. The molecule has 1 aromatic carbocycles. The van der Waals surface area contributed by atoms with Crippen molar-refractivity contribution < 1.29 is 10.0 Å². The molecule has 0 spiro atoms. The molecule has 0 atom stereocenters. The Labute approximate surface area is 98.0 Å². The molecule has 0 aliphatic heterocycles. The first kappa shape index (κ1) is 14.9. The van der Waals surface area contributed by atoms with E-state index in [-0.39, 0.29) is 0 Å². The van der Waals surface area contributed by atoms with Crippen molar-refractivity contribution in [3.8, 4) is 0 Å². The summed E-state index contributed by atoms with van der Waals surface area (Å²) in [6.45, 7) is 3.99. The lowest BCUT2D eigenvalue weighted by Gasteiger charge is -2.02. The van der Waals surface area contributed by atoms with Gasteiger partial charge in [0.25, 0.3) is 0 Å². The predicted octanol–water partition coefficient (Wildman–Crippen LogP) is 1.03. The first-order valence-corrected chi connectivity index (χ1v) is 5.47. The lowest BCUT2D eigenvalue weighted by Crippen LogP contribution is -2.29. The third-order valence-corrected chi connectivity index (χ3v) is 2.05. The van der Waals surface area contributed by atoms with Crippen molar-refractivity contribution in [3.05, 3.63) is 29.8 Å². The summed E-state index contributed by atoms with van der Waals surface area (Å²) in [5.41, 5.74) is 1.73. The monoisotopic (exact) mass is 221 g/mol. The smallest absolute Gasteiger partial charge is 0.423 e. The van der Waals surface area contributed by atoms with Gasteiger partial charge in [0.1, 0.15) is 0 Å². The molecule has 4 heteroatoms. The molecule has 1 aromatic rings. The van der Waals surface area contributed by atoms with E-state index in [0.29, 0.717) is 5.46 Å². The van der Waals surface area contributed by atoms with Gasteiger partial charge in [-0.2, -0.15) is 0 Å². The quantitative estimate of drug-likeness (QED) is 0.591. The van der Waals surface area contributed by atoms with Gasteiger partial charge in [0, 0.05) is 7.05 Å². The summed E-state index contributed by atoms with van der Waals surface area (Å²) < 4.78 is 0. The van der Waals surface area contributed by atoms with Crippen LogP contribution in [0.3, 0.4) is 0 Å². The number of rotatable bonds is 3. The second-order valence-electron chi connectivity index (χ2n) is 3.39. The van der Waals surface area contributed by atoms with Gasteiger partial charge in [0.05, 0.1) is 0 Å². The molecule has 1 rings (SSSR count). The summed E-state index contributed by atoms with van der Waals surface area (Å²) in [4.78, 5) is 3.61. The molecule has 0 unspecified atom stereocenters. The summed E-state index contributed by atoms with van der Waals surface area (Å²) in [5, 5.41) is 17.7. The van der Waals surface area contributed by atoms with Gasteiger partial charge in [-0.3, -0.25) is 0 Å². The molecular formula is C12H20BNO2. The van der Waals surface area contributed by atoms with Gasteiger partial charge in [-0.1, -0.05) is 37.6 Å². The number of aliphatic imine (C=N–C) groups is 1. The van der Waals surface area contributed by atoms with E-state index in [2.05, 4.69) is 11.9 Å². The van der Waals surface area contributed by atoms with Crippen LogP contribution >= 0.6 is 0 Å². The zero-order valence-electron chi connectivity index (χ0n) is 10.2. The van der Waals surface area contributed by atoms with Gasteiger partial charge in [-0.25, -0.2) is 0 Å². The van der Waals surface area contributed by atoms with E-state index < -0.39 is 7.12 Å². The topological polar surface area (TPSA) is 52.8 Å². The molecule has 0 radical (unpaired) electrons. The molecule has 0 saturated carbocycles. The summed E-state index contributed by atoms with van der Waals surface area (Å²) in [6.07, 6.45) is 3.81. The van der Waals surface area contributed by atoms with E-state index >= 15 is 0 Å². The van der Waals surface area contributed by atoms with Crippen LogP contribution < -0.4 is 5.46 Å². The SMILES string of the molecule is CC=NC.CCCc1cccc(B(O)O)c1. The minimum atomic E-state index is -1.35. The molecule has 88 valence electrons. The van der Waals surface area contributed by atoms with Gasteiger partial charge >= 0.3 is 7.12 Å². The van der Waals surface area contributed by atoms with Crippen LogP contribution in [0.5, 0.6) is 0 Å². The van der Waals surface area contributed by atoms with Crippen LogP contribution in [0, 0.1) is 0 Å². The Balaban J connectivity index is 0.000000487. The normalized spacial score (nSPS) is 9.81. The highest BCUT2D eigenvalue weighted by molar-refractivity contribution is 6.58. The maximum absolute atomic E-state index is 8.87. The fraction of sp³-hybridized carbons (Fsp3) is 0.417. The van der Waals surface area contributed by atoms with E-state index in [4.69, 9.17) is 10.0 Å². The molecule has 0 aliphatic carbocycles. The molecule has 3 nitrogen and oxygen atoms in total. The number of hydrogen-bond acceptors (Lipinski definition) is 3. The molecule has 0 bridgehead atoms. The lowest BCUT2D eigenvalue weighted by atomic mass is 9.79. The summed E-state index contributed by atoms with van der Waals surface area (Å²) in [7, 11) is 0.404. The summed E-state index contributed by atoms with van der Waals surface area (Å²) in [6, 6.07) is 7.38. The van der Waals surface area contributed by atoms with Crippen LogP contribution in [-0.2, 0) is 6.42 Å². The van der Waals surface area contributed by atoms with Crippen LogP contribution in [0.1, 0.15) is 25.8 Å². The maximum Gasteiger partial charge on any atom is 0.488 e. The lowest BCUT2D eigenvalue weighted by molar-refractivity contribution is 0.425. The van der Waals surface area contributed by atoms with Crippen molar-refractivity contribution in [3.63, 3.8) is 0 Å². The van der Waals surface area contributed by atoms with E-state index in [1.54, 1.807) is 19.3 Å². The van der Waals surface area contributed by atoms with Crippen molar-refractivity contribution >= 4 is 18.8 Å². The third-order valence-electron chi connectivity index (χ3n) is 2.05. The minimum Gasteiger partial charge on any atom is -0.423 e. The Kier molecular flexibility index (Phi) is 8.48. The summed E-state index contributed by atoms with van der Waals surface area (Å²) >= 11 is 0. The van der Waals surface area contributed by atoms with Gasteiger partial charge in [-0.05, 0) is 30.6 Å². The Morgan fingerprint density at radius 1 is 1.38 bits per heavy atom. The summed E-state index contributed by atoms with van der Waals surface area (Å²) in [5.74, 6) is 0. The first-order chi connectivity index (χ1) is 7.65. The van der Waals surface area contributed by atoms with Crippen molar-refractivity contribution in [2.24, 2.45) is 4.99 Å². The van der Waals surface area contributed by atoms with Crippen LogP contribution in [-0.4, -0.2) is 30.4 Å². The highest BCUT2D eigenvalue weighted by Crippen LogP contribution is 2.00. The maximum atomic E-state index is 8.87. The second kappa shape index (κ2) is 9.13. The van der Waals surface area contributed by atoms with Crippen LogP contribution in [0.25, 0.3) is 0 Å². The molecule has 0 saturated heterocycles. The van der Waals surface area contributed by atoms with Crippen molar-refractivity contribution in [1.29, 1.82) is 0 Å². The van der Waals surface area contributed by atoms with E-state index in [1.165, 1.54) is 0 Å². The number of nitrogens with zero attached hydrogens (tertiary/aromatic N) is 1. The molecule has 0 aromatic heterocycles. The Morgan fingerprint density at radius 2 is 2.00 bits per heavy atom. The number of aryl methyl sites for hydroxylation is 1. The van der Waals surface area contributed by atoms with Crippen LogP contribution in [0.2, 0.25) is 0 Å². The first-order valence-electron chi connectivity index (χ1n) is 5.47. The second-order valence-corrected chi connectivity index (χ2v) is 3.39. The zero-order chi connectivity index (χ0) is 12.4. The third kappa shape index (κ3) is 6.38. The van der Waals surface area contributed by atoms with Gasteiger partial charge in [0.15, 0.2) is 0 Å². The highest BCUT2D eigenvalue weighted by Gasteiger charge is 2.09. The van der Waals surface area contributed by atoms with Crippen molar-refractivity contribution in [2.45, 2.75) is 26.7 Å². The molecule has 16 heavy (non-hydrogen) atoms. The van der Waals surface area contributed by atoms with Gasteiger partial charge in [-0.15, -0.1) is 0 Å². The Hall–Kier alpha value is -1.13. The molecule has 0 aliphatic rings. The Morgan fingerprint density at radius 3 is 2.44 bits per heavy atom. The number of hydrogen-bond donors (Lipinski definition) is 2. The number of benzene rings is 1. The standard InChI is InChI=1S/C9H13BO2.C3H7N/c1-2-4-8-5-3-6-9(7-8)10(11)12;1-3-4-2/h3,5-7,11-12H,2,4H2,1H3;3H,1-2H3. The molecular weight excluding hydrogens is 201 g/mol. The fourth-order valence-corrected chi connectivity index (χ4v) is 1.20. The minimum absolute atomic E-state index is 0.570. The van der Waals surface area contributed by atoms with Crippen molar-refractivity contribution in [1.82, 2.24) is 0 Å². The molecule has 0 fully saturated rings. The fourth-order valence-electron chi connectivity index (χ4n) is 1.20. The van der Waals surface area contributed by atoms with E-state index in [9.17, 15) is 0 Å². The average Bonchev–Trinajstić information content (AvgIpc) is 2.30. The zero-order valence-corrected chi connectivity index (χ0v) is 10.2. The van der Waals surface area contributed by atoms with Gasteiger partial charge in [0.2, 0.25) is 0 Å². The molecule has 2 N–H and O–H groups in total. The van der Waals surface area contributed by atoms with Crippen LogP contribution in [0.4, 0.5) is 0 Å². The van der Waals surface area contributed by atoms with Gasteiger partial charge < -0.3 is 15.0 Å². The largest absolute Gasteiger partial charge is 0.488 e. The molecule has 0 heterocycles. The Bertz CT molecular complexity index is 310. The van der Waals surface area contributed by atoms with E-state index in [1.807, 2.05) is 25.1 Å². The van der Waals surface area contributed by atoms with Crippen LogP contribution in [0.15, 0.2) is 29.3 Å². The van der Waals surface area contributed by atoms with E-state index in [0.717, 1.165) is 18.4 Å². The predicted molar refractivity (Wildman–Crippen MR) is 70.4 cm³/mol. The molecule has 0 amide bonds. The highest BCUT2D eigenvalue weighted by atomic mass is 16.4. The van der Waals surface area contributed by atoms with Crippen molar-refractivity contribution in [2.75, 3.05) is 7.05 Å².